The number of nitrogens with zero attached hydrogens (tertiary/aromatic N) is 1. The Morgan fingerprint density at radius 3 is 2.83 bits per heavy atom. The lowest BCUT2D eigenvalue weighted by Crippen LogP contribution is -2.54. The lowest BCUT2D eigenvalue weighted by atomic mass is 10.1. The van der Waals surface area contributed by atoms with Crippen LogP contribution in [0.25, 0.3) is 0 Å². The highest BCUT2D eigenvalue weighted by atomic mass is 16.5. The molecular weight excluding hydrogens is 236 g/mol. The molecule has 0 saturated carbocycles. The van der Waals surface area contributed by atoms with E-state index in [1.54, 1.807) is 4.90 Å². The maximum Gasteiger partial charge on any atom is 0.317 e. The van der Waals surface area contributed by atoms with E-state index in [2.05, 4.69) is 5.32 Å². The van der Waals surface area contributed by atoms with Crippen molar-refractivity contribution in [3.63, 3.8) is 0 Å². The molecule has 1 heterocycles. The van der Waals surface area contributed by atoms with Gasteiger partial charge in [-0.25, -0.2) is 4.79 Å². The molecule has 0 bridgehead atoms. The van der Waals surface area contributed by atoms with Crippen molar-refractivity contribution in [2.45, 2.75) is 45.3 Å². The van der Waals surface area contributed by atoms with E-state index in [4.69, 9.17) is 9.84 Å². The van der Waals surface area contributed by atoms with Gasteiger partial charge in [-0.1, -0.05) is 6.92 Å². The first-order valence-electron chi connectivity index (χ1n) is 6.42. The quantitative estimate of drug-likeness (QED) is 0.723. The summed E-state index contributed by atoms with van der Waals surface area (Å²) in [6, 6.07) is -0.0111. The van der Waals surface area contributed by atoms with E-state index < -0.39 is 5.97 Å². The fraction of sp³-hybridized carbons (Fsp3) is 0.833. The molecule has 0 aromatic rings. The molecule has 1 saturated heterocycles. The Morgan fingerprint density at radius 2 is 2.22 bits per heavy atom. The highest BCUT2D eigenvalue weighted by molar-refractivity contribution is 5.74. The predicted molar refractivity (Wildman–Crippen MR) is 66.5 cm³/mol. The summed E-state index contributed by atoms with van der Waals surface area (Å²) in [6.45, 7) is 5.52. The van der Waals surface area contributed by atoms with Crippen molar-refractivity contribution >= 4 is 12.0 Å². The van der Waals surface area contributed by atoms with Crippen LogP contribution in [0.2, 0.25) is 0 Å². The molecule has 0 aromatic carbocycles. The van der Waals surface area contributed by atoms with Gasteiger partial charge in [0.1, 0.15) is 0 Å². The van der Waals surface area contributed by atoms with E-state index >= 15 is 0 Å². The molecule has 6 nitrogen and oxygen atoms in total. The van der Waals surface area contributed by atoms with Crippen molar-refractivity contribution in [1.82, 2.24) is 10.2 Å². The van der Waals surface area contributed by atoms with Gasteiger partial charge in [-0.3, -0.25) is 4.79 Å². The topological polar surface area (TPSA) is 78.9 Å². The maximum absolute atomic E-state index is 12.0. The second kappa shape index (κ2) is 7.20. The summed E-state index contributed by atoms with van der Waals surface area (Å²) in [5, 5.41) is 11.3. The Kier molecular flexibility index (Phi) is 5.91. The molecule has 2 unspecified atom stereocenters. The van der Waals surface area contributed by atoms with Crippen molar-refractivity contribution in [3.8, 4) is 0 Å². The number of hydrogen-bond donors (Lipinski definition) is 2. The Balaban J connectivity index is 2.35. The number of urea groups is 1. The summed E-state index contributed by atoms with van der Waals surface area (Å²) in [5.41, 5.74) is 0. The number of carboxylic acids is 1. The number of morpholine rings is 1. The van der Waals surface area contributed by atoms with Crippen molar-refractivity contribution in [1.29, 1.82) is 0 Å². The van der Waals surface area contributed by atoms with Gasteiger partial charge >= 0.3 is 12.0 Å². The van der Waals surface area contributed by atoms with Gasteiger partial charge in [0.2, 0.25) is 0 Å². The van der Waals surface area contributed by atoms with Gasteiger partial charge in [-0.2, -0.15) is 0 Å². The SMILES string of the molecule is CCC1COC(C)CN1C(=O)NCCCC(=O)O. The van der Waals surface area contributed by atoms with Gasteiger partial charge in [-0.05, 0) is 19.8 Å². The fourth-order valence-electron chi connectivity index (χ4n) is 1.97. The van der Waals surface area contributed by atoms with Gasteiger partial charge in [0.25, 0.3) is 0 Å². The third kappa shape index (κ3) is 4.52. The maximum atomic E-state index is 12.0. The standard InChI is InChI=1S/C12H22N2O4/c1-3-10-8-18-9(2)7-14(10)12(17)13-6-4-5-11(15)16/h9-10H,3-8H2,1-2H3,(H,13,17)(H,15,16). The van der Waals surface area contributed by atoms with Gasteiger partial charge in [-0.15, -0.1) is 0 Å². The van der Waals surface area contributed by atoms with Gasteiger partial charge in [0.05, 0.1) is 18.8 Å². The van der Waals surface area contributed by atoms with Crippen molar-refractivity contribution in [2.75, 3.05) is 19.7 Å². The van der Waals surface area contributed by atoms with E-state index in [9.17, 15) is 9.59 Å². The summed E-state index contributed by atoms with van der Waals surface area (Å²) in [6.07, 6.45) is 1.45. The minimum absolute atomic E-state index is 0.0533. The lowest BCUT2D eigenvalue weighted by molar-refractivity contribution is -0.137. The summed E-state index contributed by atoms with van der Waals surface area (Å²) < 4.78 is 5.52. The first-order valence-corrected chi connectivity index (χ1v) is 6.42. The molecule has 0 aliphatic carbocycles. The third-order valence-corrected chi connectivity index (χ3v) is 3.04. The smallest absolute Gasteiger partial charge is 0.317 e. The van der Waals surface area contributed by atoms with Crippen LogP contribution >= 0.6 is 0 Å². The Bertz CT molecular complexity index is 296. The third-order valence-electron chi connectivity index (χ3n) is 3.04. The Labute approximate surface area is 107 Å². The molecule has 2 atom stereocenters. The zero-order valence-corrected chi connectivity index (χ0v) is 11.0. The van der Waals surface area contributed by atoms with Crippen LogP contribution in [0.5, 0.6) is 0 Å². The molecule has 0 aromatic heterocycles. The summed E-state index contributed by atoms with van der Waals surface area (Å²) in [5.74, 6) is -0.837. The fourth-order valence-corrected chi connectivity index (χ4v) is 1.97. The van der Waals surface area contributed by atoms with E-state index in [1.165, 1.54) is 0 Å². The van der Waals surface area contributed by atoms with Crippen LogP contribution < -0.4 is 5.32 Å². The number of ether oxygens (including phenoxy) is 1. The molecule has 1 aliphatic heterocycles. The number of hydrogen-bond acceptors (Lipinski definition) is 3. The second-order valence-electron chi connectivity index (χ2n) is 4.59. The van der Waals surface area contributed by atoms with Gasteiger partial charge in [0, 0.05) is 19.5 Å². The van der Waals surface area contributed by atoms with Crippen LogP contribution in [0.3, 0.4) is 0 Å². The minimum atomic E-state index is -0.837. The lowest BCUT2D eigenvalue weighted by Gasteiger charge is -2.38. The van der Waals surface area contributed by atoms with E-state index in [-0.39, 0.29) is 24.6 Å². The highest BCUT2D eigenvalue weighted by Gasteiger charge is 2.28. The number of carboxylic acid groups (broad SMARTS) is 1. The van der Waals surface area contributed by atoms with Crippen LogP contribution in [0.1, 0.15) is 33.1 Å². The van der Waals surface area contributed by atoms with Crippen LogP contribution in [0, 0.1) is 0 Å². The largest absolute Gasteiger partial charge is 0.481 e. The molecule has 2 amide bonds. The van der Waals surface area contributed by atoms with Crippen LogP contribution in [0.4, 0.5) is 4.79 Å². The second-order valence-corrected chi connectivity index (χ2v) is 4.59. The summed E-state index contributed by atoms with van der Waals surface area (Å²) >= 11 is 0. The van der Waals surface area contributed by atoms with Crippen molar-refractivity contribution in [3.05, 3.63) is 0 Å². The summed E-state index contributed by atoms with van der Waals surface area (Å²) in [7, 11) is 0. The molecule has 6 heteroatoms. The van der Waals surface area contributed by atoms with Crippen molar-refractivity contribution in [2.24, 2.45) is 0 Å². The number of carbonyl (C=O) groups excluding carboxylic acids is 1. The molecule has 1 aliphatic rings. The molecule has 18 heavy (non-hydrogen) atoms. The molecular formula is C12H22N2O4. The number of nitrogens with one attached hydrogen (secondary N) is 1. The van der Waals surface area contributed by atoms with E-state index in [0.717, 1.165) is 6.42 Å². The molecule has 1 fully saturated rings. The minimum Gasteiger partial charge on any atom is -0.481 e. The van der Waals surface area contributed by atoms with Gasteiger partial charge < -0.3 is 20.1 Å². The first kappa shape index (κ1) is 14.8. The van der Waals surface area contributed by atoms with Crippen molar-refractivity contribution < 1.29 is 19.4 Å². The van der Waals surface area contributed by atoms with Gasteiger partial charge in [0.15, 0.2) is 0 Å². The molecule has 104 valence electrons. The van der Waals surface area contributed by atoms with Crippen LogP contribution in [0.15, 0.2) is 0 Å². The zero-order valence-electron chi connectivity index (χ0n) is 11.0. The monoisotopic (exact) mass is 258 g/mol. The Morgan fingerprint density at radius 1 is 1.50 bits per heavy atom. The number of aliphatic carboxylic acids is 1. The highest BCUT2D eigenvalue weighted by Crippen LogP contribution is 2.14. The predicted octanol–water partition coefficient (Wildman–Crippen LogP) is 1.06. The number of carbonyl (C=O) groups is 2. The Hall–Kier alpha value is -1.30. The number of rotatable bonds is 5. The average Bonchev–Trinajstić information content (AvgIpc) is 2.34. The first-order chi connectivity index (χ1) is 8.54. The van der Waals surface area contributed by atoms with Crippen LogP contribution in [-0.2, 0) is 9.53 Å². The molecule has 2 N–H and O–H groups in total. The summed E-state index contributed by atoms with van der Waals surface area (Å²) in [4.78, 5) is 24.1. The number of amides is 2. The molecule has 0 radical (unpaired) electrons. The van der Waals surface area contributed by atoms with Crippen LogP contribution in [-0.4, -0.2) is 53.8 Å². The molecule has 0 spiro atoms. The average molecular weight is 258 g/mol. The molecule has 1 rings (SSSR count). The van der Waals surface area contributed by atoms with E-state index in [1.807, 2.05) is 13.8 Å². The van der Waals surface area contributed by atoms with E-state index in [0.29, 0.717) is 26.1 Å². The normalized spacial score (nSPS) is 23.8. The zero-order chi connectivity index (χ0) is 13.5.